The van der Waals surface area contributed by atoms with Crippen LogP contribution in [-0.2, 0) is 11.3 Å². The number of amides is 1. The van der Waals surface area contributed by atoms with E-state index in [-0.39, 0.29) is 5.91 Å². The SMILES string of the molecule is O=C1N=NC2=C1CCN(Cc1ccccc1)C2. The molecule has 17 heavy (non-hydrogen) atoms. The first-order valence-electron chi connectivity index (χ1n) is 5.77. The first-order valence-corrected chi connectivity index (χ1v) is 5.77. The maximum absolute atomic E-state index is 11.3. The molecule has 2 aliphatic rings. The Labute approximate surface area is 99.7 Å². The summed E-state index contributed by atoms with van der Waals surface area (Å²) in [6, 6.07) is 10.3. The molecule has 0 saturated carbocycles. The van der Waals surface area contributed by atoms with Gasteiger partial charge in [0.15, 0.2) is 0 Å². The summed E-state index contributed by atoms with van der Waals surface area (Å²) in [6.07, 6.45) is 0.772. The fourth-order valence-electron chi connectivity index (χ4n) is 2.27. The van der Waals surface area contributed by atoms with Gasteiger partial charge >= 0.3 is 0 Å². The highest BCUT2D eigenvalue weighted by Crippen LogP contribution is 2.26. The Kier molecular flexibility index (Phi) is 2.57. The van der Waals surface area contributed by atoms with E-state index in [1.807, 2.05) is 18.2 Å². The lowest BCUT2D eigenvalue weighted by atomic mass is 10.1. The van der Waals surface area contributed by atoms with Crippen LogP contribution in [0.4, 0.5) is 0 Å². The largest absolute Gasteiger partial charge is 0.293 e. The van der Waals surface area contributed by atoms with Crippen molar-refractivity contribution in [3.05, 3.63) is 47.2 Å². The summed E-state index contributed by atoms with van der Waals surface area (Å²) in [7, 11) is 0. The Morgan fingerprint density at radius 1 is 1.18 bits per heavy atom. The van der Waals surface area contributed by atoms with Gasteiger partial charge in [-0.2, -0.15) is 0 Å². The number of carbonyl (C=O) groups is 1. The third-order valence-corrected chi connectivity index (χ3v) is 3.17. The number of rotatable bonds is 2. The third-order valence-electron chi connectivity index (χ3n) is 3.17. The number of benzene rings is 1. The molecule has 1 aromatic rings. The van der Waals surface area contributed by atoms with Gasteiger partial charge in [-0.05, 0) is 12.0 Å². The molecule has 0 N–H and O–H groups in total. The van der Waals surface area contributed by atoms with Crippen molar-refractivity contribution < 1.29 is 4.79 Å². The lowest BCUT2D eigenvalue weighted by Gasteiger charge is -2.25. The summed E-state index contributed by atoms with van der Waals surface area (Å²) < 4.78 is 0. The Bertz CT molecular complexity index is 505. The van der Waals surface area contributed by atoms with Crippen LogP contribution >= 0.6 is 0 Å². The van der Waals surface area contributed by atoms with Crippen molar-refractivity contribution in [2.45, 2.75) is 13.0 Å². The Morgan fingerprint density at radius 3 is 2.82 bits per heavy atom. The number of nitrogens with zero attached hydrogens (tertiary/aromatic N) is 3. The van der Waals surface area contributed by atoms with E-state index >= 15 is 0 Å². The minimum absolute atomic E-state index is 0.139. The van der Waals surface area contributed by atoms with E-state index in [0.29, 0.717) is 0 Å². The van der Waals surface area contributed by atoms with Gasteiger partial charge in [0, 0.05) is 25.2 Å². The van der Waals surface area contributed by atoms with Gasteiger partial charge in [0.25, 0.3) is 5.91 Å². The quantitative estimate of drug-likeness (QED) is 0.777. The van der Waals surface area contributed by atoms with Gasteiger partial charge in [-0.15, -0.1) is 10.2 Å². The maximum Gasteiger partial charge on any atom is 0.293 e. The molecule has 4 nitrogen and oxygen atoms in total. The zero-order chi connectivity index (χ0) is 11.7. The molecule has 1 amide bonds. The zero-order valence-corrected chi connectivity index (χ0v) is 9.47. The van der Waals surface area contributed by atoms with Crippen LogP contribution in [0.3, 0.4) is 0 Å². The molecule has 0 bridgehead atoms. The van der Waals surface area contributed by atoms with E-state index in [0.717, 1.165) is 37.3 Å². The number of hydrogen-bond donors (Lipinski definition) is 0. The molecule has 0 aromatic heterocycles. The fourth-order valence-corrected chi connectivity index (χ4v) is 2.27. The topological polar surface area (TPSA) is 45.0 Å². The summed E-state index contributed by atoms with van der Waals surface area (Å²) >= 11 is 0. The highest BCUT2D eigenvalue weighted by molar-refractivity contribution is 5.96. The van der Waals surface area contributed by atoms with E-state index in [1.165, 1.54) is 5.56 Å². The second kappa shape index (κ2) is 4.22. The summed E-state index contributed by atoms with van der Waals surface area (Å²) in [5.74, 6) is -0.139. The number of azo groups is 1. The van der Waals surface area contributed by atoms with Crippen LogP contribution in [0.2, 0.25) is 0 Å². The first kappa shape index (κ1) is 10.4. The average Bonchev–Trinajstić information content (AvgIpc) is 2.72. The van der Waals surface area contributed by atoms with Crippen LogP contribution in [0.15, 0.2) is 51.8 Å². The van der Waals surface area contributed by atoms with Gasteiger partial charge in [0.1, 0.15) is 0 Å². The van der Waals surface area contributed by atoms with Crippen molar-refractivity contribution >= 4 is 5.91 Å². The maximum atomic E-state index is 11.3. The van der Waals surface area contributed by atoms with Crippen molar-refractivity contribution in [3.8, 4) is 0 Å². The molecule has 0 fully saturated rings. The second-order valence-corrected chi connectivity index (χ2v) is 4.38. The van der Waals surface area contributed by atoms with Crippen molar-refractivity contribution in [2.75, 3.05) is 13.1 Å². The molecule has 0 unspecified atom stereocenters. The highest BCUT2D eigenvalue weighted by Gasteiger charge is 2.27. The minimum Gasteiger partial charge on any atom is -0.293 e. The standard InChI is InChI=1S/C13H13N3O/c17-13-11-6-7-16(9-12(11)14-15-13)8-10-4-2-1-3-5-10/h1-5H,6-9H2. The lowest BCUT2D eigenvalue weighted by molar-refractivity contribution is -0.114. The van der Waals surface area contributed by atoms with Gasteiger partial charge in [-0.25, -0.2) is 0 Å². The molecule has 0 atom stereocenters. The van der Waals surface area contributed by atoms with E-state index in [2.05, 4.69) is 27.3 Å². The predicted molar refractivity (Wildman–Crippen MR) is 63.2 cm³/mol. The third kappa shape index (κ3) is 2.03. The monoisotopic (exact) mass is 227 g/mol. The molecule has 86 valence electrons. The highest BCUT2D eigenvalue weighted by atomic mass is 16.2. The molecule has 0 saturated heterocycles. The minimum atomic E-state index is -0.139. The summed E-state index contributed by atoms with van der Waals surface area (Å²) in [6.45, 7) is 2.55. The second-order valence-electron chi connectivity index (χ2n) is 4.38. The average molecular weight is 227 g/mol. The summed E-state index contributed by atoms with van der Waals surface area (Å²) in [5, 5.41) is 7.55. The number of hydrogen-bond acceptors (Lipinski definition) is 3. The normalized spacial score (nSPS) is 19.9. The molecular formula is C13H13N3O. The van der Waals surface area contributed by atoms with Crippen LogP contribution in [0, 0.1) is 0 Å². The molecule has 0 spiro atoms. The Hall–Kier alpha value is -1.81. The molecule has 3 rings (SSSR count). The molecule has 1 aromatic carbocycles. The van der Waals surface area contributed by atoms with E-state index in [4.69, 9.17) is 0 Å². The van der Waals surface area contributed by atoms with Crippen LogP contribution in [-0.4, -0.2) is 23.9 Å². The van der Waals surface area contributed by atoms with Crippen LogP contribution in [0.5, 0.6) is 0 Å². The van der Waals surface area contributed by atoms with Crippen molar-refractivity contribution in [3.63, 3.8) is 0 Å². The molecular weight excluding hydrogens is 214 g/mol. The molecule has 0 radical (unpaired) electrons. The molecule has 4 heteroatoms. The van der Waals surface area contributed by atoms with Crippen molar-refractivity contribution in [1.82, 2.24) is 4.90 Å². The zero-order valence-electron chi connectivity index (χ0n) is 9.47. The van der Waals surface area contributed by atoms with Crippen molar-refractivity contribution in [1.29, 1.82) is 0 Å². The molecule has 2 aliphatic heterocycles. The van der Waals surface area contributed by atoms with Crippen LogP contribution < -0.4 is 0 Å². The fraction of sp³-hybridized carbons (Fsp3) is 0.308. The molecule has 2 heterocycles. The van der Waals surface area contributed by atoms with Crippen LogP contribution in [0.1, 0.15) is 12.0 Å². The predicted octanol–water partition coefficient (Wildman–Crippen LogP) is 2.14. The number of carbonyl (C=O) groups excluding carboxylic acids is 1. The van der Waals surface area contributed by atoms with E-state index in [9.17, 15) is 4.79 Å². The Morgan fingerprint density at radius 2 is 2.00 bits per heavy atom. The van der Waals surface area contributed by atoms with Gasteiger partial charge in [-0.1, -0.05) is 30.3 Å². The van der Waals surface area contributed by atoms with Gasteiger partial charge in [0.05, 0.1) is 5.70 Å². The smallest absolute Gasteiger partial charge is 0.293 e. The van der Waals surface area contributed by atoms with E-state index < -0.39 is 0 Å². The van der Waals surface area contributed by atoms with Gasteiger partial charge in [0.2, 0.25) is 0 Å². The summed E-state index contributed by atoms with van der Waals surface area (Å²) in [5.41, 5.74) is 2.96. The summed E-state index contributed by atoms with van der Waals surface area (Å²) in [4.78, 5) is 13.6. The molecule has 0 aliphatic carbocycles. The first-order chi connectivity index (χ1) is 8.33. The van der Waals surface area contributed by atoms with Crippen molar-refractivity contribution in [2.24, 2.45) is 10.2 Å². The van der Waals surface area contributed by atoms with E-state index in [1.54, 1.807) is 0 Å². The van der Waals surface area contributed by atoms with Crippen LogP contribution in [0.25, 0.3) is 0 Å². The van der Waals surface area contributed by atoms with Gasteiger partial charge in [-0.3, -0.25) is 9.69 Å². The lowest BCUT2D eigenvalue weighted by Crippen LogP contribution is -2.31. The van der Waals surface area contributed by atoms with Gasteiger partial charge < -0.3 is 0 Å². The Balaban J connectivity index is 1.71.